The minimum Gasteiger partial charge on any atom is -0.473 e. The van der Waals surface area contributed by atoms with Gasteiger partial charge in [0.1, 0.15) is 6.61 Å². The molecule has 0 saturated heterocycles. The summed E-state index contributed by atoms with van der Waals surface area (Å²) in [5.74, 6) is -0.113. The van der Waals surface area contributed by atoms with Gasteiger partial charge < -0.3 is 10.1 Å². The number of non-ortho nitro benzene ring substituents is 1. The number of rotatable bonds is 7. The molecule has 0 fully saturated rings. The van der Waals surface area contributed by atoms with E-state index in [0.717, 1.165) is 11.1 Å². The fourth-order valence-corrected chi connectivity index (χ4v) is 2.59. The number of ether oxygens (including phenoxy) is 1. The van der Waals surface area contributed by atoms with Crippen LogP contribution < -0.4 is 5.32 Å². The van der Waals surface area contributed by atoms with E-state index >= 15 is 0 Å². The van der Waals surface area contributed by atoms with Gasteiger partial charge in [-0.1, -0.05) is 60.7 Å². The first-order valence-corrected chi connectivity index (χ1v) is 8.45. The fourth-order valence-electron chi connectivity index (χ4n) is 2.59. The minimum atomic E-state index is -0.477. The summed E-state index contributed by atoms with van der Waals surface area (Å²) < 4.78 is 5.56. The second-order valence-corrected chi connectivity index (χ2v) is 5.93. The molecule has 0 aromatic heterocycles. The molecule has 0 heterocycles. The number of anilines is 1. The SMILES string of the molecule is N=C(OCc1ccccc1)c1cc([N+](=O)[O-])ccc1NCc1ccccc1. The molecule has 0 spiro atoms. The predicted molar refractivity (Wildman–Crippen MR) is 105 cm³/mol. The van der Waals surface area contributed by atoms with Crippen LogP contribution in [-0.2, 0) is 17.9 Å². The van der Waals surface area contributed by atoms with Crippen LogP contribution in [0.2, 0.25) is 0 Å². The topological polar surface area (TPSA) is 88.2 Å². The number of nitrogens with one attached hydrogen (secondary N) is 2. The van der Waals surface area contributed by atoms with Crippen LogP contribution >= 0.6 is 0 Å². The summed E-state index contributed by atoms with van der Waals surface area (Å²) >= 11 is 0. The Balaban J connectivity index is 1.78. The Morgan fingerprint density at radius 1 is 0.963 bits per heavy atom. The fraction of sp³-hybridized carbons (Fsp3) is 0.0952. The van der Waals surface area contributed by atoms with Crippen molar-refractivity contribution in [2.45, 2.75) is 13.2 Å². The van der Waals surface area contributed by atoms with Gasteiger partial charge in [0, 0.05) is 24.4 Å². The van der Waals surface area contributed by atoms with Gasteiger partial charge in [-0.25, -0.2) is 0 Å². The monoisotopic (exact) mass is 361 g/mol. The van der Waals surface area contributed by atoms with E-state index in [1.807, 2.05) is 60.7 Å². The lowest BCUT2D eigenvalue weighted by molar-refractivity contribution is -0.384. The van der Waals surface area contributed by atoms with Gasteiger partial charge in [-0.15, -0.1) is 0 Å². The highest BCUT2D eigenvalue weighted by atomic mass is 16.6. The Morgan fingerprint density at radius 2 is 1.59 bits per heavy atom. The molecular weight excluding hydrogens is 342 g/mol. The Kier molecular flexibility index (Phi) is 5.79. The van der Waals surface area contributed by atoms with Crippen molar-refractivity contribution in [3.63, 3.8) is 0 Å². The molecule has 3 aromatic carbocycles. The molecule has 3 aromatic rings. The third-order valence-corrected chi connectivity index (χ3v) is 4.01. The lowest BCUT2D eigenvalue weighted by Crippen LogP contribution is -2.11. The average molecular weight is 361 g/mol. The molecule has 0 amide bonds. The predicted octanol–water partition coefficient (Wildman–Crippen LogP) is 4.75. The molecule has 0 radical (unpaired) electrons. The highest BCUT2D eigenvalue weighted by Crippen LogP contribution is 2.24. The van der Waals surface area contributed by atoms with Crippen molar-refractivity contribution in [1.29, 1.82) is 5.41 Å². The zero-order valence-corrected chi connectivity index (χ0v) is 14.6. The van der Waals surface area contributed by atoms with Crippen LogP contribution in [0.3, 0.4) is 0 Å². The quantitative estimate of drug-likeness (QED) is 0.275. The van der Waals surface area contributed by atoms with Crippen LogP contribution in [-0.4, -0.2) is 10.8 Å². The largest absolute Gasteiger partial charge is 0.473 e. The van der Waals surface area contributed by atoms with E-state index in [-0.39, 0.29) is 18.2 Å². The Bertz CT molecular complexity index is 928. The van der Waals surface area contributed by atoms with Crippen molar-refractivity contribution in [2.24, 2.45) is 0 Å². The smallest absolute Gasteiger partial charge is 0.270 e. The molecule has 6 nitrogen and oxygen atoms in total. The second kappa shape index (κ2) is 8.62. The first-order valence-electron chi connectivity index (χ1n) is 8.45. The summed E-state index contributed by atoms with van der Waals surface area (Å²) in [7, 11) is 0. The zero-order chi connectivity index (χ0) is 19.1. The molecule has 0 saturated carbocycles. The van der Waals surface area contributed by atoms with Gasteiger partial charge in [-0.3, -0.25) is 15.5 Å². The van der Waals surface area contributed by atoms with Gasteiger partial charge >= 0.3 is 0 Å². The molecule has 0 bridgehead atoms. The van der Waals surface area contributed by atoms with Gasteiger partial charge in [0.15, 0.2) is 0 Å². The summed E-state index contributed by atoms with van der Waals surface area (Å²) in [5.41, 5.74) is 2.88. The summed E-state index contributed by atoms with van der Waals surface area (Å²) in [4.78, 5) is 10.6. The number of hydrogen-bond acceptors (Lipinski definition) is 5. The second-order valence-electron chi connectivity index (χ2n) is 5.93. The molecule has 0 aliphatic carbocycles. The highest BCUT2D eigenvalue weighted by molar-refractivity contribution is 5.98. The molecule has 3 rings (SSSR count). The van der Waals surface area contributed by atoms with Crippen LogP contribution in [0.15, 0.2) is 78.9 Å². The standard InChI is InChI=1S/C21H19N3O3/c22-21(27-15-17-9-5-2-6-10-17)19-13-18(24(25)26)11-12-20(19)23-14-16-7-3-1-4-8-16/h1-13,22-23H,14-15H2. The third-order valence-electron chi connectivity index (χ3n) is 4.01. The molecule has 0 aliphatic heterocycles. The molecule has 27 heavy (non-hydrogen) atoms. The van der Waals surface area contributed by atoms with Crippen LogP contribution in [0, 0.1) is 15.5 Å². The molecular formula is C21H19N3O3. The van der Waals surface area contributed by atoms with Crippen molar-refractivity contribution in [3.05, 3.63) is 106 Å². The molecule has 0 aliphatic rings. The van der Waals surface area contributed by atoms with Crippen LogP contribution in [0.4, 0.5) is 11.4 Å². The first kappa shape index (κ1) is 18.1. The number of nitro groups is 1. The number of hydrogen-bond donors (Lipinski definition) is 2. The Labute approximate surface area is 157 Å². The summed E-state index contributed by atoms with van der Waals surface area (Å²) in [6, 6.07) is 23.7. The van der Waals surface area contributed by atoms with Crippen molar-refractivity contribution < 1.29 is 9.66 Å². The maximum atomic E-state index is 11.1. The van der Waals surface area contributed by atoms with Gasteiger partial charge in [0.25, 0.3) is 5.69 Å². The zero-order valence-electron chi connectivity index (χ0n) is 14.6. The van der Waals surface area contributed by atoms with Crippen LogP contribution in [0.25, 0.3) is 0 Å². The van der Waals surface area contributed by atoms with Gasteiger partial charge in [-0.2, -0.15) is 0 Å². The first-order chi connectivity index (χ1) is 13.1. The van der Waals surface area contributed by atoms with Gasteiger partial charge in [0.2, 0.25) is 5.90 Å². The lowest BCUT2D eigenvalue weighted by atomic mass is 10.1. The molecule has 2 N–H and O–H groups in total. The van der Waals surface area contributed by atoms with Gasteiger partial charge in [-0.05, 0) is 17.2 Å². The van der Waals surface area contributed by atoms with Crippen molar-refractivity contribution >= 4 is 17.3 Å². The minimum absolute atomic E-state index is 0.0803. The van der Waals surface area contributed by atoms with Gasteiger partial charge in [0.05, 0.1) is 10.5 Å². The maximum Gasteiger partial charge on any atom is 0.270 e. The maximum absolute atomic E-state index is 11.1. The summed E-state index contributed by atoms with van der Waals surface area (Å²) in [6.45, 7) is 0.762. The Hall–Kier alpha value is -3.67. The molecule has 0 unspecified atom stereocenters. The van der Waals surface area contributed by atoms with E-state index in [0.29, 0.717) is 17.8 Å². The van der Waals surface area contributed by atoms with Crippen LogP contribution in [0.5, 0.6) is 0 Å². The number of nitrogens with zero attached hydrogens (tertiary/aromatic N) is 1. The Morgan fingerprint density at radius 3 is 2.22 bits per heavy atom. The van der Waals surface area contributed by atoms with Crippen molar-refractivity contribution in [1.82, 2.24) is 0 Å². The number of nitro benzene ring substituents is 1. The molecule has 6 heteroatoms. The number of benzene rings is 3. The van der Waals surface area contributed by atoms with Crippen molar-refractivity contribution in [2.75, 3.05) is 5.32 Å². The average Bonchev–Trinajstić information content (AvgIpc) is 2.72. The van der Waals surface area contributed by atoms with E-state index in [4.69, 9.17) is 10.1 Å². The molecule has 136 valence electrons. The van der Waals surface area contributed by atoms with E-state index in [1.54, 1.807) is 6.07 Å². The van der Waals surface area contributed by atoms with E-state index in [1.165, 1.54) is 12.1 Å². The normalized spacial score (nSPS) is 10.2. The summed E-state index contributed by atoms with van der Waals surface area (Å²) in [5, 5.41) is 22.6. The van der Waals surface area contributed by atoms with Crippen LogP contribution in [0.1, 0.15) is 16.7 Å². The lowest BCUT2D eigenvalue weighted by Gasteiger charge is -2.14. The van der Waals surface area contributed by atoms with Crippen molar-refractivity contribution in [3.8, 4) is 0 Å². The highest BCUT2D eigenvalue weighted by Gasteiger charge is 2.15. The van der Waals surface area contributed by atoms with E-state index < -0.39 is 4.92 Å². The van der Waals surface area contributed by atoms with E-state index in [2.05, 4.69) is 5.32 Å². The summed E-state index contributed by atoms with van der Waals surface area (Å²) in [6.07, 6.45) is 0. The third kappa shape index (κ3) is 4.92. The molecule has 0 atom stereocenters. The van der Waals surface area contributed by atoms with E-state index in [9.17, 15) is 10.1 Å².